The van der Waals surface area contributed by atoms with Crippen molar-refractivity contribution in [3.63, 3.8) is 0 Å². The molecule has 5 nitrogen and oxygen atoms in total. The molecule has 106 valence electrons. The molecule has 6 heteroatoms. The maximum Gasteiger partial charge on any atom is 0.271 e. The molecular weight excluding hydrogens is 266 g/mol. The molecule has 0 aliphatic carbocycles. The van der Waals surface area contributed by atoms with Gasteiger partial charge in [-0.1, -0.05) is 11.6 Å². The third kappa shape index (κ3) is 4.36. The van der Waals surface area contributed by atoms with Crippen molar-refractivity contribution in [2.24, 2.45) is 0 Å². The van der Waals surface area contributed by atoms with Crippen LogP contribution in [0, 0.1) is 17.0 Å². The minimum absolute atomic E-state index is 0.0207. The molecule has 1 N–H and O–H groups in total. The number of nitrogens with one attached hydrogen (secondary N) is 1. The normalized spacial score (nSPS) is 11.1. The lowest BCUT2D eigenvalue weighted by atomic mass is 10.1. The van der Waals surface area contributed by atoms with Crippen molar-refractivity contribution in [1.82, 2.24) is 4.90 Å². The van der Waals surface area contributed by atoms with E-state index in [4.69, 9.17) is 11.6 Å². The number of nitro groups is 1. The van der Waals surface area contributed by atoms with Gasteiger partial charge in [0, 0.05) is 31.3 Å². The van der Waals surface area contributed by atoms with E-state index >= 15 is 0 Å². The smallest absolute Gasteiger partial charge is 0.271 e. The lowest BCUT2D eigenvalue weighted by molar-refractivity contribution is -0.384. The number of aryl methyl sites for hydroxylation is 1. The molecule has 0 fully saturated rings. The third-order valence-electron chi connectivity index (χ3n) is 3.13. The van der Waals surface area contributed by atoms with E-state index in [0.717, 1.165) is 24.3 Å². The average Bonchev–Trinajstić information content (AvgIpc) is 2.31. The number of hydrogen-bond donors (Lipinski definition) is 1. The monoisotopic (exact) mass is 285 g/mol. The fraction of sp³-hybridized carbons (Fsp3) is 0.538. The van der Waals surface area contributed by atoms with Crippen LogP contribution in [0.5, 0.6) is 0 Å². The quantitative estimate of drug-likeness (QED) is 0.643. The van der Waals surface area contributed by atoms with Gasteiger partial charge in [-0.05, 0) is 33.4 Å². The molecule has 0 aliphatic heterocycles. The Kier molecular flexibility index (Phi) is 5.57. The summed E-state index contributed by atoms with van der Waals surface area (Å²) in [6, 6.07) is 3.39. The molecule has 0 atom stereocenters. The van der Waals surface area contributed by atoms with E-state index in [0.29, 0.717) is 11.1 Å². The molecule has 1 rings (SSSR count). The van der Waals surface area contributed by atoms with Gasteiger partial charge in [0.15, 0.2) is 0 Å². The highest BCUT2D eigenvalue weighted by atomic mass is 35.5. The fourth-order valence-electron chi connectivity index (χ4n) is 1.67. The predicted octanol–water partition coefficient (Wildman–Crippen LogP) is 3.31. The lowest BCUT2D eigenvalue weighted by Crippen LogP contribution is -2.31. The highest BCUT2D eigenvalue weighted by molar-refractivity contribution is 6.33. The molecule has 0 spiro atoms. The van der Waals surface area contributed by atoms with Crippen molar-refractivity contribution in [3.05, 3.63) is 32.8 Å². The Hall–Kier alpha value is -1.33. The molecular formula is C13H20ClN3O2. The third-order valence-corrected chi connectivity index (χ3v) is 3.43. The van der Waals surface area contributed by atoms with E-state index in [1.807, 2.05) is 6.92 Å². The van der Waals surface area contributed by atoms with Crippen LogP contribution in [-0.2, 0) is 0 Å². The molecule has 19 heavy (non-hydrogen) atoms. The summed E-state index contributed by atoms with van der Waals surface area (Å²) in [5, 5.41) is 14.3. The Balaban J connectivity index is 2.72. The van der Waals surface area contributed by atoms with Gasteiger partial charge in [0.1, 0.15) is 0 Å². The summed E-state index contributed by atoms with van der Waals surface area (Å²) in [5.41, 5.74) is 1.57. The molecule has 0 saturated heterocycles. The Labute approximate surface area is 118 Å². The molecule has 0 heterocycles. The molecule has 0 radical (unpaired) electrons. The Morgan fingerprint density at radius 3 is 2.58 bits per heavy atom. The molecule has 1 aromatic carbocycles. The summed E-state index contributed by atoms with van der Waals surface area (Å²) < 4.78 is 0. The molecule has 0 amide bonds. The van der Waals surface area contributed by atoms with Gasteiger partial charge in [-0.2, -0.15) is 0 Å². The van der Waals surface area contributed by atoms with Gasteiger partial charge in [-0.15, -0.1) is 0 Å². The largest absolute Gasteiger partial charge is 0.382 e. The van der Waals surface area contributed by atoms with Crippen LogP contribution in [0.4, 0.5) is 11.4 Å². The van der Waals surface area contributed by atoms with Crippen molar-refractivity contribution in [1.29, 1.82) is 0 Å². The minimum Gasteiger partial charge on any atom is -0.382 e. The predicted molar refractivity (Wildman–Crippen MR) is 79.1 cm³/mol. The average molecular weight is 286 g/mol. The van der Waals surface area contributed by atoms with Crippen LogP contribution in [-0.4, -0.2) is 36.0 Å². The van der Waals surface area contributed by atoms with Crippen LogP contribution < -0.4 is 5.32 Å². The Morgan fingerprint density at radius 1 is 1.47 bits per heavy atom. The molecule has 0 bridgehead atoms. The van der Waals surface area contributed by atoms with Crippen molar-refractivity contribution in [2.75, 3.05) is 25.5 Å². The molecule has 1 aromatic rings. The summed E-state index contributed by atoms with van der Waals surface area (Å²) in [6.45, 7) is 7.69. The van der Waals surface area contributed by atoms with E-state index in [9.17, 15) is 10.1 Å². The first kappa shape index (κ1) is 15.7. The fourth-order valence-corrected chi connectivity index (χ4v) is 2.00. The van der Waals surface area contributed by atoms with Gasteiger partial charge in [0.05, 0.1) is 15.6 Å². The number of benzene rings is 1. The van der Waals surface area contributed by atoms with Gasteiger partial charge in [0.2, 0.25) is 0 Å². The molecule has 0 aliphatic rings. The number of hydrogen-bond acceptors (Lipinski definition) is 4. The molecule has 0 saturated carbocycles. The number of nitrogens with zero attached hydrogens (tertiary/aromatic N) is 2. The van der Waals surface area contributed by atoms with Gasteiger partial charge in [-0.3, -0.25) is 10.1 Å². The maximum absolute atomic E-state index is 10.7. The highest BCUT2D eigenvalue weighted by Gasteiger charge is 2.13. The maximum atomic E-state index is 10.7. The summed E-state index contributed by atoms with van der Waals surface area (Å²) in [6.07, 6.45) is 0. The van der Waals surface area contributed by atoms with Crippen molar-refractivity contribution in [3.8, 4) is 0 Å². The van der Waals surface area contributed by atoms with E-state index in [-0.39, 0.29) is 5.69 Å². The summed E-state index contributed by atoms with van der Waals surface area (Å²) in [4.78, 5) is 12.5. The van der Waals surface area contributed by atoms with E-state index in [1.54, 1.807) is 0 Å². The lowest BCUT2D eigenvalue weighted by Gasteiger charge is -2.21. The van der Waals surface area contributed by atoms with E-state index in [2.05, 4.69) is 31.1 Å². The molecule has 0 unspecified atom stereocenters. The topological polar surface area (TPSA) is 58.4 Å². The second kappa shape index (κ2) is 6.73. The van der Waals surface area contributed by atoms with Crippen LogP contribution in [0.3, 0.4) is 0 Å². The summed E-state index contributed by atoms with van der Waals surface area (Å²) in [5.74, 6) is 0. The van der Waals surface area contributed by atoms with E-state index in [1.165, 1.54) is 12.1 Å². The number of rotatable bonds is 6. The van der Waals surface area contributed by atoms with Crippen LogP contribution in [0.15, 0.2) is 12.1 Å². The number of nitro benzene ring substituents is 1. The standard InChI is InChI=1S/C13H20ClN3O2/c1-9(2)16(4)6-5-15-13-10(3)7-11(17(18)19)8-12(13)14/h7-9,15H,5-6H2,1-4H3. The molecule has 0 aromatic heterocycles. The zero-order valence-electron chi connectivity index (χ0n) is 11.7. The summed E-state index contributed by atoms with van der Waals surface area (Å²) >= 11 is 6.08. The Morgan fingerprint density at radius 2 is 2.11 bits per heavy atom. The SMILES string of the molecule is Cc1cc([N+](=O)[O-])cc(Cl)c1NCCN(C)C(C)C. The van der Waals surface area contributed by atoms with Crippen LogP contribution in [0.25, 0.3) is 0 Å². The van der Waals surface area contributed by atoms with Crippen LogP contribution >= 0.6 is 11.6 Å². The van der Waals surface area contributed by atoms with Crippen molar-refractivity contribution >= 4 is 23.0 Å². The van der Waals surface area contributed by atoms with Crippen molar-refractivity contribution < 1.29 is 4.92 Å². The van der Waals surface area contributed by atoms with Gasteiger partial charge in [0.25, 0.3) is 5.69 Å². The summed E-state index contributed by atoms with van der Waals surface area (Å²) in [7, 11) is 2.05. The van der Waals surface area contributed by atoms with Gasteiger partial charge >= 0.3 is 0 Å². The number of halogens is 1. The number of non-ortho nitro benzene ring substituents is 1. The van der Waals surface area contributed by atoms with Crippen LogP contribution in [0.2, 0.25) is 5.02 Å². The van der Waals surface area contributed by atoms with Gasteiger partial charge in [-0.25, -0.2) is 0 Å². The zero-order chi connectivity index (χ0) is 14.6. The van der Waals surface area contributed by atoms with Crippen molar-refractivity contribution in [2.45, 2.75) is 26.8 Å². The zero-order valence-corrected chi connectivity index (χ0v) is 12.5. The minimum atomic E-state index is -0.435. The first-order chi connectivity index (χ1) is 8.82. The second-order valence-corrected chi connectivity index (χ2v) is 5.28. The first-order valence-electron chi connectivity index (χ1n) is 6.21. The van der Waals surface area contributed by atoms with Crippen LogP contribution in [0.1, 0.15) is 19.4 Å². The number of likely N-dealkylation sites (N-methyl/N-ethyl adjacent to an activating group) is 1. The second-order valence-electron chi connectivity index (χ2n) is 4.88. The number of anilines is 1. The van der Waals surface area contributed by atoms with Gasteiger partial charge < -0.3 is 10.2 Å². The van der Waals surface area contributed by atoms with E-state index < -0.39 is 4.92 Å². The first-order valence-corrected chi connectivity index (χ1v) is 6.59. The highest BCUT2D eigenvalue weighted by Crippen LogP contribution is 2.30. The Bertz CT molecular complexity index is 440.